The lowest BCUT2D eigenvalue weighted by Gasteiger charge is -2.36. The second-order valence-electron chi connectivity index (χ2n) is 5.81. The van der Waals surface area contributed by atoms with E-state index in [1.165, 1.54) is 0 Å². The van der Waals surface area contributed by atoms with Crippen molar-refractivity contribution in [3.8, 4) is 5.75 Å². The van der Waals surface area contributed by atoms with Crippen LogP contribution in [0.2, 0.25) is 5.02 Å². The Morgan fingerprint density at radius 3 is 2.56 bits per heavy atom. The Labute approximate surface area is 152 Å². The fraction of sp³-hybridized carbons (Fsp3) is 0.333. The third kappa shape index (κ3) is 4.33. The number of carbonyl (C=O) groups is 1. The number of halogens is 1. The highest BCUT2D eigenvalue weighted by atomic mass is 35.5. The van der Waals surface area contributed by atoms with E-state index < -0.39 is 0 Å². The van der Waals surface area contributed by atoms with Crippen molar-refractivity contribution in [2.45, 2.75) is 6.54 Å². The molecule has 0 atom stereocenters. The van der Waals surface area contributed by atoms with Crippen molar-refractivity contribution in [3.05, 3.63) is 53.3 Å². The first-order valence-electron chi connectivity index (χ1n) is 8.17. The third-order valence-corrected chi connectivity index (χ3v) is 4.56. The van der Waals surface area contributed by atoms with Crippen LogP contribution < -0.4 is 15.0 Å². The van der Waals surface area contributed by atoms with E-state index in [4.69, 9.17) is 16.3 Å². The van der Waals surface area contributed by atoms with Gasteiger partial charge in [-0.25, -0.2) is 4.79 Å². The van der Waals surface area contributed by atoms with Gasteiger partial charge in [0.15, 0.2) is 0 Å². The molecule has 2 heterocycles. The smallest absolute Gasteiger partial charge is 0.317 e. The normalized spacial score (nSPS) is 14.3. The first kappa shape index (κ1) is 17.4. The first-order chi connectivity index (χ1) is 12.2. The Kier molecular flexibility index (Phi) is 5.60. The molecule has 0 aliphatic carbocycles. The summed E-state index contributed by atoms with van der Waals surface area (Å²) in [5, 5.41) is 3.55. The predicted octanol–water partition coefficient (Wildman–Crippen LogP) is 2.78. The minimum absolute atomic E-state index is 0.0378. The topological polar surface area (TPSA) is 57.7 Å². The highest BCUT2D eigenvalue weighted by molar-refractivity contribution is 6.32. The number of hydrogen-bond acceptors (Lipinski definition) is 4. The van der Waals surface area contributed by atoms with Crippen LogP contribution in [0.4, 0.5) is 10.5 Å². The largest absolute Gasteiger partial charge is 0.495 e. The molecule has 1 fully saturated rings. The molecule has 7 heteroatoms. The van der Waals surface area contributed by atoms with Crippen LogP contribution in [0.3, 0.4) is 0 Å². The molecule has 1 aliphatic rings. The van der Waals surface area contributed by atoms with Gasteiger partial charge in [0, 0.05) is 50.8 Å². The Bertz CT molecular complexity index is 718. The Morgan fingerprint density at radius 2 is 1.92 bits per heavy atom. The highest BCUT2D eigenvalue weighted by Gasteiger charge is 2.21. The SMILES string of the molecule is COc1ccc(N2CCN(C(=O)NCc3ccncc3)CC2)cc1Cl. The van der Waals surface area contributed by atoms with E-state index in [2.05, 4.69) is 15.2 Å². The Hall–Kier alpha value is -2.47. The molecule has 2 amide bonds. The summed E-state index contributed by atoms with van der Waals surface area (Å²) in [6.07, 6.45) is 3.44. The fourth-order valence-corrected chi connectivity index (χ4v) is 3.06. The van der Waals surface area contributed by atoms with Gasteiger partial charge in [0.1, 0.15) is 5.75 Å². The van der Waals surface area contributed by atoms with E-state index in [1.54, 1.807) is 19.5 Å². The van der Waals surface area contributed by atoms with Crippen LogP contribution in [0.25, 0.3) is 0 Å². The quantitative estimate of drug-likeness (QED) is 0.910. The van der Waals surface area contributed by atoms with Crippen molar-refractivity contribution in [3.63, 3.8) is 0 Å². The van der Waals surface area contributed by atoms with E-state index in [1.807, 2.05) is 35.2 Å². The van der Waals surface area contributed by atoms with Gasteiger partial charge in [-0.3, -0.25) is 4.98 Å². The number of benzene rings is 1. The molecule has 1 N–H and O–H groups in total. The molecule has 1 saturated heterocycles. The van der Waals surface area contributed by atoms with Gasteiger partial charge >= 0.3 is 6.03 Å². The molecule has 0 saturated carbocycles. The van der Waals surface area contributed by atoms with E-state index in [0.717, 1.165) is 24.3 Å². The second-order valence-corrected chi connectivity index (χ2v) is 6.21. The summed E-state index contributed by atoms with van der Waals surface area (Å²) in [5.41, 5.74) is 2.08. The van der Waals surface area contributed by atoms with Gasteiger partial charge < -0.3 is 19.9 Å². The molecule has 1 aromatic carbocycles. The first-order valence-corrected chi connectivity index (χ1v) is 8.55. The Balaban J connectivity index is 1.51. The molecule has 0 unspecified atom stereocenters. The number of urea groups is 1. The molecule has 2 aromatic rings. The summed E-state index contributed by atoms with van der Waals surface area (Å²) in [6, 6.07) is 9.51. The molecular formula is C18H21ClN4O2. The summed E-state index contributed by atoms with van der Waals surface area (Å²) < 4.78 is 5.18. The molecule has 1 aliphatic heterocycles. The fourth-order valence-electron chi connectivity index (χ4n) is 2.81. The number of methoxy groups -OCH3 is 1. The van der Waals surface area contributed by atoms with Crippen LogP contribution in [0.5, 0.6) is 5.75 Å². The number of pyridine rings is 1. The second kappa shape index (κ2) is 8.07. The zero-order valence-corrected chi connectivity index (χ0v) is 14.9. The minimum atomic E-state index is -0.0378. The highest BCUT2D eigenvalue weighted by Crippen LogP contribution is 2.29. The monoisotopic (exact) mass is 360 g/mol. The molecule has 1 aromatic heterocycles. The number of carbonyl (C=O) groups excluding carboxylic acids is 1. The summed E-state index contributed by atoms with van der Waals surface area (Å²) in [6.45, 7) is 3.39. The maximum absolute atomic E-state index is 12.3. The molecule has 0 radical (unpaired) electrons. The average molecular weight is 361 g/mol. The molecule has 0 spiro atoms. The number of ether oxygens (including phenoxy) is 1. The maximum Gasteiger partial charge on any atom is 0.317 e. The van der Waals surface area contributed by atoms with Crippen LogP contribution in [0.15, 0.2) is 42.7 Å². The Morgan fingerprint density at radius 1 is 1.20 bits per heavy atom. The van der Waals surface area contributed by atoms with Crippen LogP contribution >= 0.6 is 11.6 Å². The summed E-state index contributed by atoms with van der Waals surface area (Å²) in [5.74, 6) is 0.666. The molecule has 25 heavy (non-hydrogen) atoms. The van der Waals surface area contributed by atoms with Gasteiger partial charge in [0.2, 0.25) is 0 Å². The standard InChI is InChI=1S/C18H21ClN4O2/c1-25-17-3-2-15(12-16(17)19)22-8-10-23(11-9-22)18(24)21-13-14-4-6-20-7-5-14/h2-7,12H,8-11,13H2,1H3,(H,21,24). The molecular weight excluding hydrogens is 340 g/mol. The van der Waals surface area contributed by atoms with Gasteiger partial charge in [-0.15, -0.1) is 0 Å². The van der Waals surface area contributed by atoms with E-state index in [9.17, 15) is 4.79 Å². The van der Waals surface area contributed by atoms with Crippen molar-refractivity contribution in [1.82, 2.24) is 15.2 Å². The van der Waals surface area contributed by atoms with Crippen LogP contribution in [-0.4, -0.2) is 49.2 Å². The van der Waals surface area contributed by atoms with Crippen molar-refractivity contribution >= 4 is 23.3 Å². The number of rotatable bonds is 4. The molecule has 0 bridgehead atoms. The number of nitrogens with one attached hydrogen (secondary N) is 1. The summed E-state index contributed by atoms with van der Waals surface area (Å²) >= 11 is 6.20. The van der Waals surface area contributed by atoms with Crippen LogP contribution in [0.1, 0.15) is 5.56 Å². The van der Waals surface area contributed by atoms with Crippen molar-refractivity contribution in [2.75, 3.05) is 38.2 Å². The average Bonchev–Trinajstić information content (AvgIpc) is 2.67. The van der Waals surface area contributed by atoms with Crippen molar-refractivity contribution in [1.29, 1.82) is 0 Å². The molecule has 132 valence electrons. The van der Waals surface area contributed by atoms with E-state index >= 15 is 0 Å². The number of hydrogen-bond donors (Lipinski definition) is 1. The number of anilines is 1. The zero-order chi connectivity index (χ0) is 17.6. The van der Waals surface area contributed by atoms with Crippen molar-refractivity contribution < 1.29 is 9.53 Å². The van der Waals surface area contributed by atoms with Crippen LogP contribution in [-0.2, 0) is 6.54 Å². The van der Waals surface area contributed by atoms with E-state index in [0.29, 0.717) is 30.4 Å². The molecule has 6 nitrogen and oxygen atoms in total. The lowest BCUT2D eigenvalue weighted by molar-refractivity contribution is 0.194. The summed E-state index contributed by atoms with van der Waals surface area (Å²) in [4.78, 5) is 20.3. The number of piperazine rings is 1. The minimum Gasteiger partial charge on any atom is -0.495 e. The number of amides is 2. The number of nitrogens with zero attached hydrogens (tertiary/aromatic N) is 3. The zero-order valence-electron chi connectivity index (χ0n) is 14.1. The molecule has 3 rings (SSSR count). The van der Waals surface area contributed by atoms with Gasteiger partial charge in [0.25, 0.3) is 0 Å². The predicted molar refractivity (Wildman–Crippen MR) is 98.3 cm³/mol. The maximum atomic E-state index is 12.3. The lowest BCUT2D eigenvalue weighted by Crippen LogP contribution is -2.51. The van der Waals surface area contributed by atoms with Crippen LogP contribution in [0, 0.1) is 0 Å². The third-order valence-electron chi connectivity index (χ3n) is 4.26. The van der Waals surface area contributed by atoms with E-state index in [-0.39, 0.29) is 6.03 Å². The number of aromatic nitrogens is 1. The van der Waals surface area contributed by atoms with Gasteiger partial charge in [-0.1, -0.05) is 11.6 Å². The lowest BCUT2D eigenvalue weighted by atomic mass is 10.2. The van der Waals surface area contributed by atoms with Gasteiger partial charge in [-0.05, 0) is 35.9 Å². The van der Waals surface area contributed by atoms with Crippen molar-refractivity contribution in [2.24, 2.45) is 0 Å². The van der Waals surface area contributed by atoms with Gasteiger partial charge in [-0.2, -0.15) is 0 Å². The van der Waals surface area contributed by atoms with Gasteiger partial charge in [0.05, 0.1) is 12.1 Å². The summed E-state index contributed by atoms with van der Waals surface area (Å²) in [7, 11) is 1.60.